The van der Waals surface area contributed by atoms with Crippen LogP contribution in [-0.2, 0) is 11.3 Å². The van der Waals surface area contributed by atoms with Gasteiger partial charge in [-0.1, -0.05) is 42.5 Å². The van der Waals surface area contributed by atoms with Crippen LogP contribution < -0.4 is 0 Å². The maximum Gasteiger partial charge on any atom is 0.0898 e. The first kappa shape index (κ1) is 14.0. The van der Waals surface area contributed by atoms with Gasteiger partial charge in [0.15, 0.2) is 0 Å². The molecule has 1 saturated heterocycles. The molecule has 0 spiro atoms. The molecule has 4 heteroatoms. The van der Waals surface area contributed by atoms with E-state index in [1.54, 1.807) is 0 Å². The highest BCUT2D eigenvalue weighted by atomic mass is 16.5. The number of nitrogens with zero attached hydrogens (tertiary/aromatic N) is 3. The summed E-state index contributed by atoms with van der Waals surface area (Å²) in [5.74, 6) is 0. The summed E-state index contributed by atoms with van der Waals surface area (Å²) in [5.41, 5.74) is 1.25. The van der Waals surface area contributed by atoms with E-state index in [0.29, 0.717) is 0 Å². The summed E-state index contributed by atoms with van der Waals surface area (Å²) in [4.78, 5) is 2.43. The SMILES string of the molecule is C(=C\c1ccccc1)/CN1CCO[C@H](Cn2cccn2)C1. The molecule has 1 aromatic heterocycles. The first-order valence-corrected chi connectivity index (χ1v) is 7.43. The van der Waals surface area contributed by atoms with Crippen LogP contribution in [0, 0.1) is 0 Å². The van der Waals surface area contributed by atoms with Crippen LogP contribution in [0.1, 0.15) is 5.56 Å². The van der Waals surface area contributed by atoms with Gasteiger partial charge < -0.3 is 4.74 Å². The molecule has 21 heavy (non-hydrogen) atoms. The Kier molecular flexibility index (Phi) is 4.82. The summed E-state index contributed by atoms with van der Waals surface area (Å²) in [6.45, 7) is 4.54. The summed E-state index contributed by atoms with van der Waals surface area (Å²) in [6.07, 6.45) is 8.42. The Hall–Kier alpha value is -1.91. The van der Waals surface area contributed by atoms with Gasteiger partial charge >= 0.3 is 0 Å². The minimum absolute atomic E-state index is 0.226. The smallest absolute Gasteiger partial charge is 0.0898 e. The van der Waals surface area contributed by atoms with Crippen molar-refractivity contribution in [2.75, 3.05) is 26.2 Å². The third kappa shape index (κ3) is 4.28. The third-order valence-corrected chi connectivity index (χ3v) is 3.65. The number of hydrogen-bond donors (Lipinski definition) is 0. The Morgan fingerprint density at radius 2 is 2.14 bits per heavy atom. The average molecular weight is 283 g/mol. The molecule has 1 aliphatic heterocycles. The second-order valence-electron chi connectivity index (χ2n) is 5.29. The second kappa shape index (κ2) is 7.20. The van der Waals surface area contributed by atoms with Crippen molar-refractivity contribution in [2.24, 2.45) is 0 Å². The summed E-state index contributed by atoms with van der Waals surface area (Å²) < 4.78 is 7.76. The molecule has 0 radical (unpaired) electrons. The molecular weight excluding hydrogens is 262 g/mol. The monoisotopic (exact) mass is 283 g/mol. The summed E-state index contributed by atoms with van der Waals surface area (Å²) in [6, 6.07) is 12.4. The average Bonchev–Trinajstić information content (AvgIpc) is 3.02. The van der Waals surface area contributed by atoms with Crippen LogP contribution in [0.3, 0.4) is 0 Å². The largest absolute Gasteiger partial charge is 0.374 e. The Morgan fingerprint density at radius 1 is 1.24 bits per heavy atom. The van der Waals surface area contributed by atoms with Crippen LogP contribution in [0.15, 0.2) is 54.9 Å². The zero-order chi connectivity index (χ0) is 14.3. The van der Waals surface area contributed by atoms with Crippen molar-refractivity contribution in [1.29, 1.82) is 0 Å². The van der Waals surface area contributed by atoms with Crippen molar-refractivity contribution in [1.82, 2.24) is 14.7 Å². The molecule has 1 aliphatic rings. The van der Waals surface area contributed by atoms with Gasteiger partial charge in [0.25, 0.3) is 0 Å². The molecule has 1 atom stereocenters. The van der Waals surface area contributed by atoms with E-state index in [2.05, 4.69) is 46.4 Å². The molecule has 3 rings (SSSR count). The molecule has 0 bridgehead atoms. The molecule has 0 aliphatic carbocycles. The molecule has 0 unspecified atom stereocenters. The van der Waals surface area contributed by atoms with E-state index in [0.717, 1.165) is 32.8 Å². The molecule has 110 valence electrons. The third-order valence-electron chi connectivity index (χ3n) is 3.65. The second-order valence-corrected chi connectivity index (χ2v) is 5.29. The van der Waals surface area contributed by atoms with Gasteiger partial charge in [0.2, 0.25) is 0 Å². The Bertz CT molecular complexity index is 551. The lowest BCUT2D eigenvalue weighted by molar-refractivity contribution is -0.0337. The standard InChI is InChI=1S/C17H21N3O/c1-2-6-16(7-3-1)8-4-10-19-12-13-21-17(14-19)15-20-11-5-9-18-20/h1-9,11,17H,10,12-15H2/b8-4+/t17-/m0/s1. The number of benzene rings is 1. The van der Waals surface area contributed by atoms with Gasteiger partial charge in [-0.2, -0.15) is 5.10 Å². The van der Waals surface area contributed by atoms with Gasteiger partial charge in [0.05, 0.1) is 19.3 Å². The van der Waals surface area contributed by atoms with Crippen molar-refractivity contribution >= 4 is 6.08 Å². The van der Waals surface area contributed by atoms with Crippen molar-refractivity contribution in [2.45, 2.75) is 12.6 Å². The molecule has 0 amide bonds. The Morgan fingerprint density at radius 3 is 2.95 bits per heavy atom. The lowest BCUT2D eigenvalue weighted by Crippen LogP contribution is -2.44. The molecular formula is C17H21N3O. The van der Waals surface area contributed by atoms with E-state index in [1.807, 2.05) is 29.2 Å². The van der Waals surface area contributed by atoms with E-state index in [-0.39, 0.29) is 6.10 Å². The number of ether oxygens (including phenoxy) is 1. The zero-order valence-corrected chi connectivity index (χ0v) is 12.1. The van der Waals surface area contributed by atoms with E-state index in [4.69, 9.17) is 4.74 Å². The van der Waals surface area contributed by atoms with Crippen LogP contribution in [-0.4, -0.2) is 47.0 Å². The van der Waals surface area contributed by atoms with Crippen LogP contribution in [0.25, 0.3) is 6.08 Å². The fraction of sp³-hybridized carbons (Fsp3) is 0.353. The first-order valence-electron chi connectivity index (χ1n) is 7.43. The molecule has 0 N–H and O–H groups in total. The van der Waals surface area contributed by atoms with E-state index in [1.165, 1.54) is 5.56 Å². The molecule has 4 nitrogen and oxygen atoms in total. The highest BCUT2D eigenvalue weighted by Crippen LogP contribution is 2.08. The van der Waals surface area contributed by atoms with Gasteiger partial charge in [-0.15, -0.1) is 0 Å². The number of hydrogen-bond acceptors (Lipinski definition) is 3. The number of aromatic nitrogens is 2. The molecule has 0 saturated carbocycles. The fourth-order valence-corrected chi connectivity index (χ4v) is 2.58. The topological polar surface area (TPSA) is 30.3 Å². The minimum atomic E-state index is 0.226. The zero-order valence-electron chi connectivity index (χ0n) is 12.1. The van der Waals surface area contributed by atoms with Gasteiger partial charge in [-0.3, -0.25) is 9.58 Å². The summed E-state index contributed by atoms with van der Waals surface area (Å²) >= 11 is 0. The quantitative estimate of drug-likeness (QED) is 0.843. The predicted molar refractivity (Wildman–Crippen MR) is 83.9 cm³/mol. The normalized spacial score (nSPS) is 20.1. The number of morpholine rings is 1. The molecule has 1 aromatic carbocycles. The maximum atomic E-state index is 5.82. The lowest BCUT2D eigenvalue weighted by atomic mass is 10.2. The molecule has 1 fully saturated rings. The number of rotatable bonds is 5. The van der Waals surface area contributed by atoms with Gasteiger partial charge in [0.1, 0.15) is 0 Å². The summed E-state index contributed by atoms with van der Waals surface area (Å²) in [5, 5.41) is 4.24. The highest BCUT2D eigenvalue weighted by molar-refractivity contribution is 5.48. The lowest BCUT2D eigenvalue weighted by Gasteiger charge is -2.32. The van der Waals surface area contributed by atoms with Gasteiger partial charge in [0, 0.05) is 32.0 Å². The fourth-order valence-electron chi connectivity index (χ4n) is 2.58. The highest BCUT2D eigenvalue weighted by Gasteiger charge is 2.19. The van der Waals surface area contributed by atoms with Crippen molar-refractivity contribution in [3.05, 3.63) is 60.4 Å². The predicted octanol–water partition coefficient (Wildman–Crippen LogP) is 2.30. The summed E-state index contributed by atoms with van der Waals surface area (Å²) in [7, 11) is 0. The van der Waals surface area contributed by atoms with Crippen molar-refractivity contribution in [3.63, 3.8) is 0 Å². The Balaban J connectivity index is 1.48. The van der Waals surface area contributed by atoms with Gasteiger partial charge in [-0.05, 0) is 11.6 Å². The van der Waals surface area contributed by atoms with Crippen LogP contribution in [0.4, 0.5) is 0 Å². The Labute approximate surface area is 125 Å². The maximum absolute atomic E-state index is 5.82. The van der Waals surface area contributed by atoms with E-state index >= 15 is 0 Å². The molecule has 2 heterocycles. The van der Waals surface area contributed by atoms with E-state index in [9.17, 15) is 0 Å². The van der Waals surface area contributed by atoms with Gasteiger partial charge in [-0.25, -0.2) is 0 Å². The minimum Gasteiger partial charge on any atom is -0.374 e. The van der Waals surface area contributed by atoms with E-state index < -0.39 is 0 Å². The van der Waals surface area contributed by atoms with Crippen molar-refractivity contribution in [3.8, 4) is 0 Å². The molecule has 2 aromatic rings. The van der Waals surface area contributed by atoms with Crippen LogP contribution in [0.2, 0.25) is 0 Å². The first-order chi connectivity index (χ1) is 10.4. The van der Waals surface area contributed by atoms with Crippen LogP contribution in [0.5, 0.6) is 0 Å². The van der Waals surface area contributed by atoms with Crippen LogP contribution >= 0.6 is 0 Å². The van der Waals surface area contributed by atoms with Crippen molar-refractivity contribution < 1.29 is 4.74 Å².